The van der Waals surface area contributed by atoms with Crippen molar-refractivity contribution in [2.75, 3.05) is 13.1 Å². The van der Waals surface area contributed by atoms with Gasteiger partial charge in [-0.25, -0.2) is 4.79 Å². The van der Waals surface area contributed by atoms with Gasteiger partial charge in [0.15, 0.2) is 0 Å². The number of carbonyl (C=O) groups excluding carboxylic acids is 2. The van der Waals surface area contributed by atoms with E-state index in [9.17, 15) is 19.5 Å². The zero-order valence-corrected chi connectivity index (χ0v) is 16.7. The first kappa shape index (κ1) is 22.9. The van der Waals surface area contributed by atoms with Crippen LogP contribution >= 0.6 is 0 Å². The summed E-state index contributed by atoms with van der Waals surface area (Å²) in [4.78, 5) is 34.9. The van der Waals surface area contributed by atoms with E-state index >= 15 is 0 Å². The number of aliphatic carboxylic acids is 1. The van der Waals surface area contributed by atoms with Crippen LogP contribution in [-0.2, 0) is 16.2 Å². The highest BCUT2D eigenvalue weighted by Crippen LogP contribution is 2.15. The lowest BCUT2D eigenvalue weighted by Gasteiger charge is -2.15. The first-order valence-electron chi connectivity index (χ1n) is 9.77. The van der Waals surface area contributed by atoms with Crippen molar-refractivity contribution < 1.29 is 24.2 Å². The van der Waals surface area contributed by atoms with E-state index in [1.807, 2.05) is 30.3 Å². The lowest BCUT2D eigenvalue weighted by Crippen LogP contribution is -2.40. The molecule has 2 amide bonds. The summed E-state index contributed by atoms with van der Waals surface area (Å²) in [5, 5.41) is 14.5. The standard InChI is InChI=1S/C22H27N3O5/c23-14-20(26)24-13-5-4-8-19(22(28)29)25-21(27)17-9-11-18(12-10-17)30-15-16-6-2-1-3-7-16/h1-3,6-7,9-12,19H,4-5,8,13-15,23H2,(H,24,26)(H,25,27)(H,28,29)/t19-/m0/s1. The van der Waals surface area contributed by atoms with E-state index in [-0.39, 0.29) is 18.9 Å². The minimum Gasteiger partial charge on any atom is -0.489 e. The Hall–Kier alpha value is -3.39. The summed E-state index contributed by atoms with van der Waals surface area (Å²) in [5.41, 5.74) is 6.58. The summed E-state index contributed by atoms with van der Waals surface area (Å²) in [6, 6.07) is 15.2. The Morgan fingerprint density at radius 3 is 2.33 bits per heavy atom. The second-order valence-corrected chi connectivity index (χ2v) is 6.71. The number of benzene rings is 2. The molecule has 2 aromatic rings. The predicted molar refractivity (Wildman–Crippen MR) is 112 cm³/mol. The van der Waals surface area contributed by atoms with Gasteiger partial charge in [-0.2, -0.15) is 0 Å². The fraction of sp³-hybridized carbons (Fsp3) is 0.318. The molecule has 0 saturated heterocycles. The summed E-state index contributed by atoms with van der Waals surface area (Å²) in [6.45, 7) is 0.754. The summed E-state index contributed by atoms with van der Waals surface area (Å²) in [5.74, 6) is -1.20. The maximum atomic E-state index is 12.4. The largest absolute Gasteiger partial charge is 0.489 e. The van der Waals surface area contributed by atoms with Crippen molar-refractivity contribution in [2.45, 2.75) is 31.9 Å². The van der Waals surface area contributed by atoms with E-state index in [0.717, 1.165) is 5.56 Å². The van der Waals surface area contributed by atoms with Crippen LogP contribution in [-0.4, -0.2) is 42.0 Å². The molecule has 0 aliphatic heterocycles. The number of nitrogens with two attached hydrogens (primary N) is 1. The highest BCUT2D eigenvalue weighted by molar-refractivity contribution is 5.96. The summed E-state index contributed by atoms with van der Waals surface area (Å²) in [7, 11) is 0. The number of carboxylic acid groups (broad SMARTS) is 1. The van der Waals surface area contributed by atoms with E-state index in [4.69, 9.17) is 10.5 Å². The third kappa shape index (κ3) is 7.92. The summed E-state index contributed by atoms with van der Waals surface area (Å²) >= 11 is 0. The Kier molecular flexibility index (Phi) is 9.33. The lowest BCUT2D eigenvalue weighted by molar-refractivity contribution is -0.139. The Bertz CT molecular complexity index is 824. The quantitative estimate of drug-likeness (QED) is 0.392. The smallest absolute Gasteiger partial charge is 0.326 e. The van der Waals surface area contributed by atoms with Crippen LogP contribution in [0.4, 0.5) is 0 Å². The average molecular weight is 413 g/mol. The van der Waals surface area contributed by atoms with Crippen LogP contribution < -0.4 is 21.1 Å². The van der Waals surface area contributed by atoms with Crippen LogP contribution in [0.2, 0.25) is 0 Å². The van der Waals surface area contributed by atoms with Crippen LogP contribution in [0.25, 0.3) is 0 Å². The molecule has 8 nitrogen and oxygen atoms in total. The van der Waals surface area contributed by atoms with Crippen LogP contribution in [0.3, 0.4) is 0 Å². The van der Waals surface area contributed by atoms with Crippen LogP contribution in [0.1, 0.15) is 35.2 Å². The minimum atomic E-state index is -1.10. The van der Waals surface area contributed by atoms with Crippen molar-refractivity contribution in [3.8, 4) is 5.75 Å². The molecule has 0 radical (unpaired) electrons. The number of nitrogens with one attached hydrogen (secondary N) is 2. The molecule has 2 aromatic carbocycles. The zero-order chi connectivity index (χ0) is 21.8. The molecule has 0 bridgehead atoms. The monoisotopic (exact) mass is 413 g/mol. The number of hydrogen-bond acceptors (Lipinski definition) is 5. The number of amides is 2. The maximum Gasteiger partial charge on any atom is 0.326 e. The van der Waals surface area contributed by atoms with Gasteiger partial charge in [0.1, 0.15) is 18.4 Å². The van der Waals surface area contributed by atoms with Gasteiger partial charge in [-0.3, -0.25) is 9.59 Å². The molecule has 0 saturated carbocycles. The van der Waals surface area contributed by atoms with Crippen LogP contribution in [0.15, 0.2) is 54.6 Å². The van der Waals surface area contributed by atoms with E-state index in [2.05, 4.69) is 10.6 Å². The molecule has 1 atom stereocenters. The molecule has 0 aromatic heterocycles. The number of hydrogen-bond donors (Lipinski definition) is 4. The highest BCUT2D eigenvalue weighted by Gasteiger charge is 2.20. The number of unbranched alkanes of at least 4 members (excludes halogenated alkanes) is 1. The second-order valence-electron chi connectivity index (χ2n) is 6.71. The second kappa shape index (κ2) is 12.2. The van der Waals surface area contributed by atoms with Crippen LogP contribution in [0.5, 0.6) is 5.75 Å². The van der Waals surface area contributed by atoms with Crippen LogP contribution in [0, 0.1) is 0 Å². The number of carboxylic acids is 1. The molecule has 2 rings (SSSR count). The topological polar surface area (TPSA) is 131 Å². The van der Waals surface area contributed by atoms with E-state index in [1.54, 1.807) is 24.3 Å². The molecule has 0 spiro atoms. The van der Waals surface area contributed by atoms with Gasteiger partial charge in [0.25, 0.3) is 5.91 Å². The summed E-state index contributed by atoms with van der Waals surface area (Å²) < 4.78 is 5.68. The fourth-order valence-electron chi connectivity index (χ4n) is 2.72. The fourth-order valence-corrected chi connectivity index (χ4v) is 2.72. The number of rotatable bonds is 12. The van der Waals surface area contributed by atoms with Crippen molar-refractivity contribution in [3.63, 3.8) is 0 Å². The molecule has 0 aliphatic rings. The Morgan fingerprint density at radius 1 is 1.00 bits per heavy atom. The molecular weight excluding hydrogens is 386 g/mol. The van der Waals surface area contributed by atoms with Gasteiger partial charge < -0.3 is 26.2 Å². The average Bonchev–Trinajstić information content (AvgIpc) is 2.77. The van der Waals surface area contributed by atoms with Crippen molar-refractivity contribution in [1.82, 2.24) is 10.6 Å². The van der Waals surface area contributed by atoms with Crippen molar-refractivity contribution >= 4 is 17.8 Å². The van der Waals surface area contributed by atoms with E-state index in [1.165, 1.54) is 0 Å². The van der Waals surface area contributed by atoms with Gasteiger partial charge in [-0.15, -0.1) is 0 Å². The summed E-state index contributed by atoms with van der Waals surface area (Å²) in [6.07, 6.45) is 1.39. The Morgan fingerprint density at radius 2 is 1.70 bits per heavy atom. The molecule has 0 unspecified atom stereocenters. The Balaban J connectivity index is 1.80. The SMILES string of the molecule is NCC(=O)NCCCC[C@H](NC(=O)c1ccc(OCc2ccccc2)cc1)C(=O)O. The van der Waals surface area contributed by atoms with Gasteiger partial charge in [0, 0.05) is 12.1 Å². The van der Waals surface area contributed by atoms with Gasteiger partial charge in [0.2, 0.25) is 5.91 Å². The third-order valence-corrected chi connectivity index (χ3v) is 4.40. The van der Waals surface area contributed by atoms with Gasteiger partial charge >= 0.3 is 5.97 Å². The molecule has 0 aliphatic carbocycles. The molecule has 0 heterocycles. The molecule has 30 heavy (non-hydrogen) atoms. The normalized spacial score (nSPS) is 11.4. The number of carbonyl (C=O) groups is 3. The van der Waals surface area contributed by atoms with Crippen molar-refractivity contribution in [3.05, 3.63) is 65.7 Å². The lowest BCUT2D eigenvalue weighted by atomic mass is 10.1. The first-order valence-corrected chi connectivity index (χ1v) is 9.77. The molecule has 0 fully saturated rings. The van der Waals surface area contributed by atoms with Gasteiger partial charge in [0.05, 0.1) is 6.54 Å². The minimum absolute atomic E-state index is 0.0795. The number of ether oxygens (including phenoxy) is 1. The predicted octanol–water partition coefficient (Wildman–Crippen LogP) is 1.69. The zero-order valence-electron chi connectivity index (χ0n) is 16.7. The third-order valence-electron chi connectivity index (χ3n) is 4.40. The first-order chi connectivity index (χ1) is 14.5. The van der Waals surface area contributed by atoms with Crippen molar-refractivity contribution in [2.24, 2.45) is 5.73 Å². The molecule has 160 valence electrons. The molecular formula is C22H27N3O5. The molecule has 8 heteroatoms. The van der Waals surface area contributed by atoms with E-state index in [0.29, 0.717) is 37.3 Å². The van der Waals surface area contributed by atoms with Gasteiger partial charge in [-0.1, -0.05) is 30.3 Å². The van der Waals surface area contributed by atoms with Gasteiger partial charge in [-0.05, 0) is 49.1 Å². The van der Waals surface area contributed by atoms with Crippen molar-refractivity contribution in [1.29, 1.82) is 0 Å². The molecule has 5 N–H and O–H groups in total. The van der Waals surface area contributed by atoms with E-state index < -0.39 is 17.9 Å². The Labute approximate surface area is 175 Å². The highest BCUT2D eigenvalue weighted by atomic mass is 16.5. The maximum absolute atomic E-state index is 12.4.